The van der Waals surface area contributed by atoms with E-state index < -0.39 is 46.6 Å². The van der Waals surface area contributed by atoms with Crippen LogP contribution in [0.1, 0.15) is 0 Å². The molecule has 0 unspecified atom stereocenters. The molecule has 22 heavy (non-hydrogen) atoms. The lowest BCUT2D eigenvalue weighted by Crippen LogP contribution is -2.06. The van der Waals surface area contributed by atoms with Crippen molar-refractivity contribution in [2.75, 3.05) is 0 Å². The number of hydrogen-bond donors (Lipinski definition) is 1. The van der Waals surface area contributed by atoms with Gasteiger partial charge >= 0.3 is 0 Å². The predicted molar refractivity (Wildman–Crippen MR) is 73.3 cm³/mol. The Bertz CT molecular complexity index is 877. The molecule has 2 aromatic rings. The Morgan fingerprint density at radius 3 is 2.14 bits per heavy atom. The van der Waals surface area contributed by atoms with Crippen LogP contribution in [0.3, 0.4) is 0 Å². The number of phenols is 1. The van der Waals surface area contributed by atoms with Crippen molar-refractivity contribution in [2.45, 2.75) is 9.79 Å². The number of hydrogen-bond acceptors (Lipinski definition) is 7. The summed E-state index contributed by atoms with van der Waals surface area (Å²) in [6.45, 7) is 0. The number of phenolic OH excluding ortho intramolecular Hbond substituents is 1. The first-order valence-corrected chi connectivity index (χ1v) is 7.19. The van der Waals surface area contributed by atoms with Gasteiger partial charge in [-0.3, -0.25) is 20.2 Å². The molecule has 0 saturated heterocycles. The average molecular weight is 324 g/mol. The fraction of sp³-hybridized carbons (Fsp3) is 0. The normalized spacial score (nSPS) is 11.1. The summed E-state index contributed by atoms with van der Waals surface area (Å²) in [4.78, 5) is 18.5. The van der Waals surface area contributed by atoms with Crippen LogP contribution in [0.4, 0.5) is 11.4 Å². The zero-order valence-electron chi connectivity index (χ0n) is 10.7. The minimum Gasteiger partial charge on any atom is -0.507 e. The molecular weight excluding hydrogens is 316 g/mol. The van der Waals surface area contributed by atoms with Gasteiger partial charge in [0.1, 0.15) is 15.5 Å². The van der Waals surface area contributed by atoms with Crippen molar-refractivity contribution < 1.29 is 23.4 Å². The number of sulfone groups is 1. The van der Waals surface area contributed by atoms with Gasteiger partial charge in [-0.15, -0.1) is 0 Å². The van der Waals surface area contributed by atoms with Gasteiger partial charge in [0.15, 0.2) is 0 Å². The van der Waals surface area contributed by atoms with Crippen molar-refractivity contribution in [2.24, 2.45) is 0 Å². The third-order valence-electron chi connectivity index (χ3n) is 2.80. The fourth-order valence-electron chi connectivity index (χ4n) is 1.79. The summed E-state index contributed by atoms with van der Waals surface area (Å²) in [5.74, 6) is -0.733. The van der Waals surface area contributed by atoms with E-state index in [4.69, 9.17) is 0 Å². The standard InChI is InChI=1S/C12H8N2O7S/c15-10-6-5-8(13(16)17)7-12(10)22(20,21)11-4-2-1-3-9(11)14(18)19/h1-7,15H. The fourth-order valence-corrected chi connectivity index (χ4v) is 3.32. The second-order valence-corrected chi connectivity index (χ2v) is 6.02. The van der Waals surface area contributed by atoms with Gasteiger partial charge in [0.2, 0.25) is 9.84 Å². The molecule has 0 saturated carbocycles. The lowest BCUT2D eigenvalue weighted by Gasteiger charge is -2.07. The number of nitro groups is 2. The highest BCUT2D eigenvalue weighted by Crippen LogP contribution is 2.35. The molecule has 0 fully saturated rings. The van der Waals surface area contributed by atoms with E-state index >= 15 is 0 Å². The quantitative estimate of drug-likeness (QED) is 0.670. The van der Waals surface area contributed by atoms with E-state index in [2.05, 4.69) is 0 Å². The van der Waals surface area contributed by atoms with Crippen LogP contribution < -0.4 is 0 Å². The van der Waals surface area contributed by atoms with Gasteiger partial charge in [-0.05, 0) is 12.1 Å². The number of non-ortho nitro benzene ring substituents is 1. The molecule has 2 aromatic carbocycles. The molecule has 0 amide bonds. The summed E-state index contributed by atoms with van der Waals surface area (Å²) in [7, 11) is -4.50. The van der Waals surface area contributed by atoms with Crippen LogP contribution in [0.5, 0.6) is 5.75 Å². The SMILES string of the molecule is O=[N+]([O-])c1ccc(O)c(S(=O)(=O)c2ccccc2[N+](=O)[O-])c1. The summed E-state index contributed by atoms with van der Waals surface area (Å²) in [6.07, 6.45) is 0. The van der Waals surface area contributed by atoms with E-state index in [1.165, 1.54) is 12.1 Å². The van der Waals surface area contributed by atoms with Crippen LogP contribution in [-0.2, 0) is 9.84 Å². The number of nitrogens with zero attached hydrogens (tertiary/aromatic N) is 2. The van der Waals surface area contributed by atoms with E-state index in [1.807, 2.05) is 0 Å². The zero-order valence-corrected chi connectivity index (χ0v) is 11.6. The van der Waals surface area contributed by atoms with Crippen LogP contribution in [0.2, 0.25) is 0 Å². The first-order chi connectivity index (χ1) is 10.2. The van der Waals surface area contributed by atoms with E-state index in [0.29, 0.717) is 6.07 Å². The van der Waals surface area contributed by atoms with E-state index in [-0.39, 0.29) is 0 Å². The average Bonchev–Trinajstić information content (AvgIpc) is 2.47. The maximum atomic E-state index is 12.5. The van der Waals surface area contributed by atoms with E-state index in [0.717, 1.165) is 24.3 Å². The minimum atomic E-state index is -4.50. The van der Waals surface area contributed by atoms with Gasteiger partial charge in [-0.2, -0.15) is 0 Å². The van der Waals surface area contributed by atoms with Crippen LogP contribution in [0.25, 0.3) is 0 Å². The molecule has 9 nitrogen and oxygen atoms in total. The Kier molecular flexibility index (Phi) is 3.78. The number of para-hydroxylation sites is 1. The first kappa shape index (κ1) is 15.4. The molecule has 0 bridgehead atoms. The van der Waals surface area contributed by atoms with Gasteiger partial charge in [-0.1, -0.05) is 12.1 Å². The zero-order chi connectivity index (χ0) is 16.5. The summed E-state index contributed by atoms with van der Waals surface area (Å²) in [5.41, 5.74) is -1.25. The van der Waals surface area contributed by atoms with Gasteiger partial charge < -0.3 is 5.11 Å². The molecule has 0 radical (unpaired) electrons. The maximum Gasteiger partial charge on any atom is 0.288 e. The Hall–Kier alpha value is -3.01. The predicted octanol–water partition coefficient (Wildman–Crippen LogP) is 2.04. The van der Waals surface area contributed by atoms with Crippen molar-refractivity contribution in [3.05, 3.63) is 62.7 Å². The number of nitro benzene ring substituents is 2. The van der Waals surface area contributed by atoms with Crippen molar-refractivity contribution in [1.82, 2.24) is 0 Å². The Morgan fingerprint density at radius 1 is 0.909 bits per heavy atom. The Labute approximate surface area is 123 Å². The van der Waals surface area contributed by atoms with Gasteiger partial charge in [0.05, 0.1) is 9.85 Å². The smallest absolute Gasteiger partial charge is 0.288 e. The molecule has 0 heterocycles. The second kappa shape index (κ2) is 5.41. The highest BCUT2D eigenvalue weighted by atomic mass is 32.2. The van der Waals surface area contributed by atoms with Gasteiger partial charge in [0.25, 0.3) is 11.4 Å². The molecule has 0 spiro atoms. The Morgan fingerprint density at radius 2 is 1.55 bits per heavy atom. The molecule has 2 rings (SSSR count). The monoisotopic (exact) mass is 324 g/mol. The summed E-state index contributed by atoms with van der Waals surface area (Å²) >= 11 is 0. The van der Waals surface area contributed by atoms with Crippen LogP contribution >= 0.6 is 0 Å². The molecule has 0 aliphatic heterocycles. The van der Waals surface area contributed by atoms with Crippen molar-refractivity contribution in [3.63, 3.8) is 0 Å². The molecule has 0 aliphatic carbocycles. The first-order valence-electron chi connectivity index (χ1n) is 5.71. The minimum absolute atomic E-state index is 0.560. The van der Waals surface area contributed by atoms with Crippen molar-refractivity contribution in [3.8, 4) is 5.75 Å². The maximum absolute atomic E-state index is 12.5. The largest absolute Gasteiger partial charge is 0.507 e. The molecule has 0 aromatic heterocycles. The molecule has 1 N–H and O–H groups in total. The number of rotatable bonds is 4. The Balaban J connectivity index is 2.74. The highest BCUT2D eigenvalue weighted by molar-refractivity contribution is 7.91. The third kappa shape index (κ3) is 2.59. The van der Waals surface area contributed by atoms with E-state index in [9.17, 15) is 33.8 Å². The molecular formula is C12H8N2O7S. The number of aromatic hydroxyl groups is 1. The lowest BCUT2D eigenvalue weighted by molar-refractivity contribution is -0.387. The third-order valence-corrected chi connectivity index (χ3v) is 4.63. The topological polar surface area (TPSA) is 141 Å². The second-order valence-electron chi connectivity index (χ2n) is 4.14. The molecule has 114 valence electrons. The molecule has 10 heteroatoms. The summed E-state index contributed by atoms with van der Waals surface area (Å²) < 4.78 is 24.9. The number of benzene rings is 2. The molecule has 0 atom stereocenters. The van der Waals surface area contributed by atoms with Crippen molar-refractivity contribution in [1.29, 1.82) is 0 Å². The lowest BCUT2D eigenvalue weighted by atomic mass is 10.3. The van der Waals surface area contributed by atoms with Crippen LogP contribution in [0.15, 0.2) is 52.3 Å². The van der Waals surface area contributed by atoms with Crippen LogP contribution in [0, 0.1) is 20.2 Å². The van der Waals surface area contributed by atoms with E-state index in [1.54, 1.807) is 0 Å². The van der Waals surface area contributed by atoms with Crippen molar-refractivity contribution >= 4 is 21.2 Å². The van der Waals surface area contributed by atoms with Gasteiger partial charge in [0, 0.05) is 18.2 Å². The summed E-state index contributed by atoms with van der Waals surface area (Å²) in [6, 6.07) is 6.96. The summed E-state index contributed by atoms with van der Waals surface area (Å²) in [5, 5.41) is 31.3. The molecule has 0 aliphatic rings. The van der Waals surface area contributed by atoms with Gasteiger partial charge in [-0.25, -0.2) is 8.42 Å². The highest BCUT2D eigenvalue weighted by Gasteiger charge is 2.30. The van der Waals surface area contributed by atoms with Crippen LogP contribution in [-0.4, -0.2) is 23.4 Å².